The zero-order valence-corrected chi connectivity index (χ0v) is 15.0. The number of carbonyl (C=O) groups is 2. The van der Waals surface area contributed by atoms with Gasteiger partial charge in [-0.15, -0.1) is 11.6 Å². The van der Waals surface area contributed by atoms with Crippen molar-refractivity contribution in [1.82, 2.24) is 9.88 Å². The lowest BCUT2D eigenvalue weighted by Gasteiger charge is -2.12. The van der Waals surface area contributed by atoms with Crippen molar-refractivity contribution >= 4 is 34.3 Å². The summed E-state index contributed by atoms with van der Waals surface area (Å²) >= 11 is 5.72. The van der Waals surface area contributed by atoms with Crippen molar-refractivity contribution < 1.29 is 14.3 Å². The Balaban J connectivity index is 2.36. The van der Waals surface area contributed by atoms with E-state index in [1.54, 1.807) is 11.7 Å². The van der Waals surface area contributed by atoms with Crippen LogP contribution in [0.2, 0.25) is 0 Å². The van der Waals surface area contributed by atoms with Crippen LogP contribution in [0.1, 0.15) is 43.0 Å². The molecule has 2 rings (SSSR count). The van der Waals surface area contributed by atoms with Crippen LogP contribution in [0.15, 0.2) is 24.4 Å². The van der Waals surface area contributed by atoms with Crippen molar-refractivity contribution in [3.05, 3.63) is 30.0 Å². The van der Waals surface area contributed by atoms with Gasteiger partial charge in [-0.2, -0.15) is 0 Å². The lowest BCUT2D eigenvalue weighted by Crippen LogP contribution is -2.27. The summed E-state index contributed by atoms with van der Waals surface area (Å²) in [6.07, 6.45) is 3.15. The smallest absolute Gasteiger partial charge is 0.245 e. The van der Waals surface area contributed by atoms with Crippen LogP contribution in [0.3, 0.4) is 0 Å². The van der Waals surface area contributed by atoms with Gasteiger partial charge in [0.25, 0.3) is 0 Å². The van der Waals surface area contributed by atoms with Gasteiger partial charge in [0, 0.05) is 30.5 Å². The number of rotatable bonds is 7. The van der Waals surface area contributed by atoms with Crippen molar-refractivity contribution in [2.75, 3.05) is 19.5 Å². The first-order chi connectivity index (χ1) is 11.5. The number of amides is 1. The minimum absolute atomic E-state index is 0.0440. The molecule has 0 bridgehead atoms. The molecule has 1 N–H and O–H groups in total. The summed E-state index contributed by atoms with van der Waals surface area (Å²) in [6, 6.07) is 5.58. The van der Waals surface area contributed by atoms with Crippen molar-refractivity contribution in [1.29, 1.82) is 0 Å². The predicted octanol–water partition coefficient (Wildman–Crippen LogP) is 3.55. The van der Waals surface area contributed by atoms with Gasteiger partial charge in [0.2, 0.25) is 11.8 Å². The summed E-state index contributed by atoms with van der Waals surface area (Å²) in [4.78, 5) is 23.8. The molecule has 2 aromatic rings. The highest BCUT2D eigenvalue weighted by Gasteiger charge is 2.18. The molecule has 1 heterocycles. The number of alkyl halides is 1. The molecule has 0 spiro atoms. The average molecular weight is 351 g/mol. The Bertz CT molecular complexity index is 739. The normalized spacial score (nSPS) is 12.2. The van der Waals surface area contributed by atoms with Gasteiger partial charge in [0.15, 0.2) is 0 Å². The highest BCUT2D eigenvalue weighted by atomic mass is 35.5. The van der Waals surface area contributed by atoms with Gasteiger partial charge >= 0.3 is 0 Å². The third-order valence-electron chi connectivity index (χ3n) is 4.04. The number of methoxy groups -OCH3 is 1. The van der Waals surface area contributed by atoms with Crippen LogP contribution in [0.5, 0.6) is 5.75 Å². The average Bonchev–Trinajstić information content (AvgIpc) is 2.98. The maximum absolute atomic E-state index is 12.1. The van der Waals surface area contributed by atoms with Gasteiger partial charge in [0.1, 0.15) is 11.6 Å². The molecule has 0 saturated heterocycles. The van der Waals surface area contributed by atoms with E-state index in [-0.39, 0.29) is 23.6 Å². The first-order valence-electron chi connectivity index (χ1n) is 8.06. The van der Waals surface area contributed by atoms with E-state index in [1.807, 2.05) is 38.2 Å². The van der Waals surface area contributed by atoms with Gasteiger partial charge in [-0.3, -0.25) is 14.2 Å². The van der Waals surface area contributed by atoms with Crippen LogP contribution in [0.4, 0.5) is 0 Å². The van der Waals surface area contributed by atoms with E-state index < -0.39 is 0 Å². The molecule has 130 valence electrons. The first-order valence-corrected chi connectivity index (χ1v) is 8.60. The molecule has 1 unspecified atom stereocenters. The third-order valence-corrected chi connectivity index (χ3v) is 4.27. The Hall–Kier alpha value is -2.01. The molecular formula is C18H23ClN2O3. The quantitative estimate of drug-likeness (QED) is 0.777. The number of nitrogens with zero attached hydrogens (tertiary/aromatic N) is 1. The maximum Gasteiger partial charge on any atom is 0.245 e. The molecular weight excluding hydrogens is 328 g/mol. The van der Waals surface area contributed by atoms with Gasteiger partial charge in [-0.05, 0) is 30.2 Å². The van der Waals surface area contributed by atoms with Crippen LogP contribution >= 0.6 is 11.6 Å². The number of hydrogen-bond donors (Lipinski definition) is 1. The van der Waals surface area contributed by atoms with Crippen molar-refractivity contribution in [3.8, 4) is 5.75 Å². The highest BCUT2D eigenvalue weighted by molar-refractivity contribution is 6.28. The van der Waals surface area contributed by atoms with Crippen LogP contribution in [0.25, 0.3) is 10.9 Å². The van der Waals surface area contributed by atoms with Gasteiger partial charge in [-0.1, -0.05) is 13.8 Å². The number of carbonyl (C=O) groups excluding carboxylic acids is 2. The zero-order valence-electron chi connectivity index (χ0n) is 14.3. The summed E-state index contributed by atoms with van der Waals surface area (Å²) in [5.74, 6) is 0.561. The van der Waals surface area contributed by atoms with Crippen LogP contribution in [-0.2, 0) is 4.79 Å². The van der Waals surface area contributed by atoms with E-state index in [0.29, 0.717) is 13.0 Å². The second-order valence-electron chi connectivity index (χ2n) is 5.82. The summed E-state index contributed by atoms with van der Waals surface area (Å²) in [7, 11) is 1.61. The fourth-order valence-electron chi connectivity index (χ4n) is 2.72. The zero-order chi connectivity index (χ0) is 17.7. The maximum atomic E-state index is 12.1. The SMILES string of the molecule is CCCC(=O)NCC(C)c1cn(C(=O)CCl)c2ccc(OC)cc12. The second kappa shape index (κ2) is 8.20. The summed E-state index contributed by atoms with van der Waals surface area (Å²) in [5.41, 5.74) is 1.78. The molecule has 0 fully saturated rings. The number of aromatic nitrogens is 1. The Kier molecular flexibility index (Phi) is 6.26. The van der Waals surface area contributed by atoms with E-state index in [9.17, 15) is 9.59 Å². The molecule has 0 aliphatic carbocycles. The number of ether oxygens (including phenoxy) is 1. The molecule has 1 aromatic heterocycles. The molecule has 6 heteroatoms. The second-order valence-corrected chi connectivity index (χ2v) is 6.09. The monoisotopic (exact) mass is 350 g/mol. The van der Waals surface area contributed by atoms with Gasteiger partial charge in [0.05, 0.1) is 12.6 Å². The minimum atomic E-state index is -0.180. The fraction of sp³-hybridized carbons (Fsp3) is 0.444. The van der Waals surface area contributed by atoms with Crippen molar-refractivity contribution in [2.24, 2.45) is 0 Å². The minimum Gasteiger partial charge on any atom is -0.497 e. The molecule has 0 radical (unpaired) electrons. The number of benzene rings is 1. The van der Waals surface area contributed by atoms with E-state index in [0.717, 1.165) is 28.6 Å². The van der Waals surface area contributed by atoms with Crippen LogP contribution < -0.4 is 10.1 Å². The number of fused-ring (bicyclic) bond motifs is 1. The van der Waals surface area contributed by atoms with E-state index in [4.69, 9.17) is 16.3 Å². The number of hydrogen-bond acceptors (Lipinski definition) is 3. The molecule has 0 aliphatic heterocycles. The van der Waals surface area contributed by atoms with Crippen molar-refractivity contribution in [3.63, 3.8) is 0 Å². The van der Waals surface area contributed by atoms with E-state index in [2.05, 4.69) is 5.32 Å². The third kappa shape index (κ3) is 3.90. The summed E-state index contributed by atoms with van der Waals surface area (Å²) in [6.45, 7) is 4.51. The van der Waals surface area contributed by atoms with E-state index >= 15 is 0 Å². The Morgan fingerprint density at radius 3 is 2.75 bits per heavy atom. The molecule has 0 aliphatic rings. The molecule has 24 heavy (non-hydrogen) atoms. The lowest BCUT2D eigenvalue weighted by molar-refractivity contribution is -0.121. The Morgan fingerprint density at radius 2 is 2.12 bits per heavy atom. The van der Waals surface area contributed by atoms with Crippen LogP contribution in [0, 0.1) is 0 Å². The van der Waals surface area contributed by atoms with Gasteiger partial charge < -0.3 is 10.1 Å². The predicted molar refractivity (Wildman–Crippen MR) is 96.2 cm³/mol. The first kappa shape index (κ1) is 18.3. The molecule has 1 aromatic carbocycles. The molecule has 1 amide bonds. The number of nitrogens with one attached hydrogen (secondary N) is 1. The Morgan fingerprint density at radius 1 is 1.38 bits per heavy atom. The molecule has 5 nitrogen and oxygen atoms in total. The standard InChI is InChI=1S/C18H23ClN2O3/c1-4-5-17(22)20-10-12(2)15-11-21(18(23)9-19)16-7-6-13(24-3)8-14(15)16/h6-8,11-12H,4-5,9-10H2,1-3H3,(H,20,22). The number of halogens is 1. The topological polar surface area (TPSA) is 60.3 Å². The van der Waals surface area contributed by atoms with Crippen LogP contribution in [-0.4, -0.2) is 35.9 Å². The summed E-state index contributed by atoms with van der Waals surface area (Å²) in [5, 5.41) is 3.87. The summed E-state index contributed by atoms with van der Waals surface area (Å²) < 4.78 is 6.86. The largest absolute Gasteiger partial charge is 0.497 e. The van der Waals surface area contributed by atoms with E-state index in [1.165, 1.54) is 0 Å². The lowest BCUT2D eigenvalue weighted by atomic mass is 10.0. The van der Waals surface area contributed by atoms with Crippen molar-refractivity contribution in [2.45, 2.75) is 32.6 Å². The highest BCUT2D eigenvalue weighted by Crippen LogP contribution is 2.30. The van der Waals surface area contributed by atoms with Gasteiger partial charge in [-0.25, -0.2) is 0 Å². The Labute approximate surface area is 146 Å². The fourth-order valence-corrected chi connectivity index (χ4v) is 2.85. The molecule has 1 atom stereocenters. The molecule has 0 saturated carbocycles.